The molecule has 2 aromatic heterocycles. The maximum Gasteiger partial charge on any atom is 0.304 e. The van der Waals surface area contributed by atoms with Gasteiger partial charge in [-0.1, -0.05) is 0 Å². The quantitative estimate of drug-likeness (QED) is 0.474. The van der Waals surface area contributed by atoms with Crippen LogP contribution in [0.25, 0.3) is 0 Å². The van der Waals surface area contributed by atoms with Crippen LogP contribution in [0.3, 0.4) is 0 Å². The molecule has 144 valence electrons. The summed E-state index contributed by atoms with van der Waals surface area (Å²) in [5, 5.41) is 17.3. The second-order valence-electron chi connectivity index (χ2n) is 5.65. The van der Waals surface area contributed by atoms with E-state index in [1.54, 1.807) is 11.3 Å². The molecule has 0 aliphatic carbocycles. The molecular formula is C17H23BrN2O4S2. The number of hydrogen-bond donors (Lipinski definition) is 4. The maximum atomic E-state index is 10.5. The summed E-state index contributed by atoms with van der Waals surface area (Å²) < 4.78 is 1.01. The summed E-state index contributed by atoms with van der Waals surface area (Å²) in [5.74, 6) is -1.69. The summed E-state index contributed by atoms with van der Waals surface area (Å²) in [5.41, 5.74) is 11.0. The molecule has 0 aromatic carbocycles. The van der Waals surface area contributed by atoms with Gasteiger partial charge in [-0.3, -0.25) is 9.59 Å². The molecule has 2 aromatic rings. The van der Waals surface area contributed by atoms with Gasteiger partial charge in [0.2, 0.25) is 0 Å². The van der Waals surface area contributed by atoms with Gasteiger partial charge in [0.25, 0.3) is 0 Å². The van der Waals surface area contributed by atoms with E-state index in [1.807, 2.05) is 31.2 Å². The Hall–Kier alpha value is -1.26. The topological polar surface area (TPSA) is 127 Å². The second kappa shape index (κ2) is 11.5. The first-order valence-electron chi connectivity index (χ1n) is 7.92. The highest BCUT2D eigenvalue weighted by Gasteiger charge is 2.16. The molecule has 2 atom stereocenters. The van der Waals surface area contributed by atoms with Crippen molar-refractivity contribution in [2.45, 2.75) is 31.6 Å². The zero-order chi connectivity index (χ0) is 19.7. The third-order valence-corrected chi connectivity index (χ3v) is 6.52. The minimum Gasteiger partial charge on any atom is -0.481 e. The SMILES string of the molecule is Cc1ccc(C(CN)CC(=O)O)s1.NCC(CC(=O)O)c1ccc(Br)s1. The van der Waals surface area contributed by atoms with Crippen LogP contribution in [0.4, 0.5) is 0 Å². The Kier molecular flexibility index (Phi) is 10.0. The predicted molar refractivity (Wildman–Crippen MR) is 109 cm³/mol. The van der Waals surface area contributed by atoms with Crippen LogP contribution in [0.5, 0.6) is 0 Å². The van der Waals surface area contributed by atoms with Crippen molar-refractivity contribution in [3.05, 3.63) is 42.7 Å². The van der Waals surface area contributed by atoms with Crippen molar-refractivity contribution < 1.29 is 19.8 Å². The molecule has 6 N–H and O–H groups in total. The zero-order valence-corrected chi connectivity index (χ0v) is 17.6. The van der Waals surface area contributed by atoms with Crippen molar-refractivity contribution >= 4 is 50.5 Å². The van der Waals surface area contributed by atoms with E-state index in [4.69, 9.17) is 21.7 Å². The molecule has 0 aliphatic rings. The molecule has 6 nitrogen and oxygen atoms in total. The Morgan fingerprint density at radius 2 is 1.42 bits per heavy atom. The van der Waals surface area contributed by atoms with E-state index in [9.17, 15) is 9.59 Å². The van der Waals surface area contributed by atoms with Crippen molar-refractivity contribution in [1.82, 2.24) is 0 Å². The third-order valence-electron chi connectivity index (χ3n) is 3.57. The van der Waals surface area contributed by atoms with E-state index in [0.717, 1.165) is 13.5 Å². The van der Waals surface area contributed by atoms with E-state index < -0.39 is 11.9 Å². The lowest BCUT2D eigenvalue weighted by Crippen LogP contribution is -2.15. The van der Waals surface area contributed by atoms with Crippen LogP contribution in [0.2, 0.25) is 0 Å². The highest BCUT2D eigenvalue weighted by atomic mass is 79.9. The molecule has 2 rings (SSSR count). The minimum absolute atomic E-state index is 0.0313. The van der Waals surface area contributed by atoms with Gasteiger partial charge in [-0.2, -0.15) is 0 Å². The normalized spacial score (nSPS) is 12.8. The molecule has 0 fully saturated rings. The van der Waals surface area contributed by atoms with Gasteiger partial charge in [0, 0.05) is 39.6 Å². The van der Waals surface area contributed by atoms with Gasteiger partial charge in [0.05, 0.1) is 16.6 Å². The van der Waals surface area contributed by atoms with E-state index in [-0.39, 0.29) is 24.7 Å². The molecule has 9 heteroatoms. The largest absolute Gasteiger partial charge is 0.481 e. The molecule has 26 heavy (non-hydrogen) atoms. The van der Waals surface area contributed by atoms with E-state index in [2.05, 4.69) is 15.9 Å². The first-order valence-corrected chi connectivity index (χ1v) is 10.3. The van der Waals surface area contributed by atoms with Gasteiger partial charge in [-0.05, 0) is 47.1 Å². The molecule has 0 amide bonds. The monoisotopic (exact) mass is 462 g/mol. The fraction of sp³-hybridized carbons (Fsp3) is 0.412. The first-order chi connectivity index (χ1) is 12.3. The smallest absolute Gasteiger partial charge is 0.304 e. The lowest BCUT2D eigenvalue weighted by Gasteiger charge is -2.08. The van der Waals surface area contributed by atoms with Crippen LogP contribution < -0.4 is 11.5 Å². The standard InChI is InChI=1S/C9H13NO2S.C8H10BrNO2S/c1-6-2-3-8(13-6)7(5-10)4-9(11)12;9-7-2-1-6(13-7)5(4-10)3-8(11)12/h2-3,7H,4-5,10H2,1H3,(H,11,12);1-2,5H,3-4,10H2,(H,11,12). The highest BCUT2D eigenvalue weighted by Crippen LogP contribution is 2.29. The average molecular weight is 463 g/mol. The van der Waals surface area contributed by atoms with Gasteiger partial charge in [-0.25, -0.2) is 0 Å². The molecule has 0 aliphatic heterocycles. The molecule has 0 saturated carbocycles. The molecular weight excluding hydrogens is 440 g/mol. The van der Waals surface area contributed by atoms with E-state index in [0.29, 0.717) is 13.1 Å². The number of aryl methyl sites for hydroxylation is 1. The first kappa shape index (κ1) is 22.8. The number of carboxylic acids is 2. The Morgan fingerprint density at radius 1 is 0.962 bits per heavy atom. The fourth-order valence-electron chi connectivity index (χ4n) is 2.24. The number of hydrogen-bond acceptors (Lipinski definition) is 6. The second-order valence-corrected chi connectivity index (χ2v) is 9.47. The van der Waals surface area contributed by atoms with Crippen LogP contribution in [0, 0.1) is 6.92 Å². The molecule has 0 saturated heterocycles. The van der Waals surface area contributed by atoms with Gasteiger partial charge < -0.3 is 21.7 Å². The molecule has 2 unspecified atom stereocenters. The number of aliphatic carboxylic acids is 2. The van der Waals surface area contributed by atoms with Crippen molar-refractivity contribution in [3.8, 4) is 0 Å². The summed E-state index contributed by atoms with van der Waals surface area (Å²) in [6, 6.07) is 7.77. The van der Waals surface area contributed by atoms with Gasteiger partial charge in [0.15, 0.2) is 0 Å². The zero-order valence-electron chi connectivity index (χ0n) is 14.4. The van der Waals surface area contributed by atoms with E-state index >= 15 is 0 Å². The van der Waals surface area contributed by atoms with Crippen molar-refractivity contribution in [3.63, 3.8) is 0 Å². The summed E-state index contributed by atoms with van der Waals surface area (Å²) in [4.78, 5) is 24.3. The van der Waals surface area contributed by atoms with Crippen LogP contribution in [0.1, 0.15) is 39.3 Å². The maximum absolute atomic E-state index is 10.5. The Labute approximate surface area is 169 Å². The molecule has 0 radical (unpaired) electrons. The summed E-state index contributed by atoms with van der Waals surface area (Å²) in [7, 11) is 0. The summed E-state index contributed by atoms with van der Waals surface area (Å²) in [6.07, 6.45) is 0.222. The van der Waals surface area contributed by atoms with Crippen LogP contribution in [0.15, 0.2) is 28.1 Å². The number of nitrogens with two attached hydrogens (primary N) is 2. The number of halogens is 1. The van der Waals surface area contributed by atoms with E-state index in [1.165, 1.54) is 16.2 Å². The predicted octanol–water partition coefficient (Wildman–Crippen LogP) is 3.60. The lowest BCUT2D eigenvalue weighted by molar-refractivity contribution is -0.138. The number of carboxylic acid groups (broad SMARTS) is 2. The van der Waals surface area contributed by atoms with Crippen LogP contribution >= 0.6 is 38.6 Å². The Balaban J connectivity index is 0.000000260. The molecule has 2 heterocycles. The van der Waals surface area contributed by atoms with Crippen molar-refractivity contribution in [2.24, 2.45) is 11.5 Å². The molecule has 0 bridgehead atoms. The Bertz CT molecular complexity index is 657. The lowest BCUT2D eigenvalue weighted by atomic mass is 10.0. The van der Waals surface area contributed by atoms with Gasteiger partial charge in [-0.15, -0.1) is 22.7 Å². The summed E-state index contributed by atoms with van der Waals surface area (Å²) in [6.45, 7) is 2.77. The van der Waals surface area contributed by atoms with Crippen molar-refractivity contribution in [1.29, 1.82) is 0 Å². The third kappa shape index (κ3) is 7.96. The van der Waals surface area contributed by atoms with Gasteiger partial charge >= 0.3 is 11.9 Å². The number of thiophene rings is 2. The molecule has 0 spiro atoms. The number of rotatable bonds is 8. The number of carbonyl (C=O) groups is 2. The fourth-order valence-corrected chi connectivity index (χ4v) is 4.77. The average Bonchev–Trinajstić information content (AvgIpc) is 3.19. The van der Waals surface area contributed by atoms with Crippen molar-refractivity contribution in [2.75, 3.05) is 13.1 Å². The highest BCUT2D eigenvalue weighted by molar-refractivity contribution is 9.11. The van der Waals surface area contributed by atoms with Crippen LogP contribution in [-0.2, 0) is 9.59 Å². The Morgan fingerprint density at radius 3 is 1.73 bits per heavy atom. The van der Waals surface area contributed by atoms with Gasteiger partial charge in [0.1, 0.15) is 0 Å². The summed E-state index contributed by atoms with van der Waals surface area (Å²) >= 11 is 6.48. The van der Waals surface area contributed by atoms with Crippen LogP contribution in [-0.4, -0.2) is 35.2 Å². The minimum atomic E-state index is -0.806.